The van der Waals surface area contributed by atoms with Crippen molar-refractivity contribution in [2.45, 2.75) is 52.7 Å². The van der Waals surface area contributed by atoms with Crippen LogP contribution >= 0.6 is 8.25 Å². The van der Waals surface area contributed by atoms with Gasteiger partial charge in [-0.1, -0.05) is 63.1 Å². The van der Waals surface area contributed by atoms with E-state index in [1.165, 1.54) is 0 Å². The smallest absolute Gasteiger partial charge is 0.319 e. The lowest BCUT2D eigenvalue weighted by atomic mass is 10.2. The number of hydrogen-bond acceptors (Lipinski definition) is 5. The predicted octanol–water partition coefficient (Wildman–Crippen LogP) is 6.23. The zero-order valence-corrected chi connectivity index (χ0v) is 18.0. The topological polar surface area (TPSA) is 59.6 Å². The van der Waals surface area contributed by atoms with Crippen LogP contribution in [-0.2, 0) is 26.8 Å². The Kier molecular flexibility index (Phi) is 10.7. The van der Waals surface area contributed by atoms with Crippen LogP contribution in [0.25, 0.3) is 0 Å². The van der Waals surface area contributed by atoms with E-state index >= 15 is 0 Å². The molecule has 2 aromatic rings. The first-order valence-corrected chi connectivity index (χ1v) is 11.4. The van der Waals surface area contributed by atoms with Crippen LogP contribution in [-0.4, -0.2) is 13.1 Å². The molecule has 0 aliphatic heterocycles. The molecule has 0 aromatic heterocycles. The highest BCUT2D eigenvalue weighted by atomic mass is 31.1. The van der Waals surface area contributed by atoms with Crippen LogP contribution in [0, 0.1) is 0 Å². The summed E-state index contributed by atoms with van der Waals surface area (Å²) in [5.41, 5.74) is 4.02. The van der Waals surface area contributed by atoms with Gasteiger partial charge >= 0.3 is 8.25 Å². The van der Waals surface area contributed by atoms with Crippen LogP contribution in [0.4, 0.5) is 11.4 Å². The number of anilines is 2. The maximum atomic E-state index is 12.2. The molecule has 0 spiro atoms. The van der Waals surface area contributed by atoms with Crippen LogP contribution in [0.2, 0.25) is 0 Å². The van der Waals surface area contributed by atoms with Gasteiger partial charge in [0.2, 0.25) is 0 Å². The van der Waals surface area contributed by atoms with Crippen molar-refractivity contribution in [3.05, 3.63) is 59.7 Å². The maximum absolute atomic E-state index is 12.2. The van der Waals surface area contributed by atoms with Crippen molar-refractivity contribution in [2.24, 2.45) is 0 Å². The quantitative estimate of drug-likeness (QED) is 0.289. The first-order chi connectivity index (χ1) is 13.7. The van der Waals surface area contributed by atoms with Gasteiger partial charge in [-0.25, -0.2) is 0 Å². The Morgan fingerprint density at radius 3 is 1.61 bits per heavy atom. The second-order valence-electron chi connectivity index (χ2n) is 6.70. The largest absolute Gasteiger partial charge is 0.385 e. The average Bonchev–Trinajstić information content (AvgIpc) is 2.72. The second-order valence-corrected chi connectivity index (χ2v) is 7.78. The molecule has 5 nitrogen and oxygen atoms in total. The number of hydrogen-bond donors (Lipinski definition) is 2. The van der Waals surface area contributed by atoms with Gasteiger partial charge in [0, 0.05) is 35.6 Å². The van der Waals surface area contributed by atoms with Crippen molar-refractivity contribution in [2.75, 3.05) is 23.7 Å². The minimum atomic E-state index is -2.57. The molecule has 0 aliphatic carbocycles. The molecule has 6 heteroatoms. The van der Waals surface area contributed by atoms with Crippen molar-refractivity contribution in [1.29, 1.82) is 0 Å². The Bertz CT molecular complexity index is 665. The van der Waals surface area contributed by atoms with Gasteiger partial charge in [0.05, 0.1) is 13.2 Å². The summed E-state index contributed by atoms with van der Waals surface area (Å²) in [5.74, 6) is 0. The summed E-state index contributed by atoms with van der Waals surface area (Å²) in [4.78, 5) is 0. The Labute approximate surface area is 169 Å². The van der Waals surface area contributed by atoms with Gasteiger partial charge < -0.3 is 19.7 Å². The summed E-state index contributed by atoms with van der Waals surface area (Å²) in [7, 11) is -2.57. The number of para-hydroxylation sites is 2. The molecule has 0 fully saturated rings. The Morgan fingerprint density at radius 2 is 1.18 bits per heavy atom. The van der Waals surface area contributed by atoms with Gasteiger partial charge in [-0.3, -0.25) is 4.57 Å². The molecule has 2 rings (SSSR count). The van der Waals surface area contributed by atoms with E-state index in [0.717, 1.165) is 61.3 Å². The molecule has 0 saturated heterocycles. The molecule has 0 unspecified atom stereocenters. The molecule has 0 saturated carbocycles. The van der Waals surface area contributed by atoms with Crippen molar-refractivity contribution in [3.63, 3.8) is 0 Å². The first-order valence-electron chi connectivity index (χ1n) is 10.2. The van der Waals surface area contributed by atoms with Crippen LogP contribution in [0.1, 0.15) is 50.7 Å². The Balaban J connectivity index is 1.82. The summed E-state index contributed by atoms with van der Waals surface area (Å²) in [5, 5.41) is 6.82. The van der Waals surface area contributed by atoms with Crippen LogP contribution in [0.3, 0.4) is 0 Å². The molecule has 0 heterocycles. The van der Waals surface area contributed by atoms with E-state index in [0.29, 0.717) is 0 Å². The number of nitrogens with one attached hydrogen (secondary N) is 2. The van der Waals surface area contributed by atoms with Crippen LogP contribution in [0.5, 0.6) is 0 Å². The Hall–Kier alpha value is -1.81. The standard InChI is InChI=1S/C22H33N2O3P/c1-3-5-15-23-21-13-9-7-11-19(21)17-26-28(25)27-18-20-12-8-10-14-22(20)24-16-6-4-2/h7-14,23-24,28H,3-6,15-18H2,1-2H3. The van der Waals surface area contributed by atoms with E-state index in [-0.39, 0.29) is 13.2 Å². The van der Waals surface area contributed by atoms with Crippen molar-refractivity contribution in [3.8, 4) is 0 Å². The second kappa shape index (κ2) is 13.4. The highest BCUT2D eigenvalue weighted by Crippen LogP contribution is 2.30. The molecule has 0 aliphatic rings. The van der Waals surface area contributed by atoms with Crippen LogP contribution in [0.15, 0.2) is 48.5 Å². The van der Waals surface area contributed by atoms with E-state index in [2.05, 4.69) is 24.5 Å². The lowest BCUT2D eigenvalue weighted by Gasteiger charge is -2.13. The fraction of sp³-hybridized carbons (Fsp3) is 0.455. The fourth-order valence-electron chi connectivity index (χ4n) is 2.75. The molecule has 2 aromatic carbocycles. The molecule has 0 atom stereocenters. The minimum absolute atomic E-state index is 0.267. The van der Waals surface area contributed by atoms with Crippen LogP contribution < -0.4 is 10.6 Å². The third-order valence-corrected chi connectivity index (χ3v) is 5.18. The van der Waals surface area contributed by atoms with Crippen molar-refractivity contribution < 1.29 is 13.6 Å². The van der Waals surface area contributed by atoms with E-state index in [9.17, 15) is 4.57 Å². The normalized spacial score (nSPS) is 11.0. The van der Waals surface area contributed by atoms with Crippen molar-refractivity contribution >= 4 is 19.6 Å². The summed E-state index contributed by atoms with van der Waals surface area (Å²) >= 11 is 0. The minimum Gasteiger partial charge on any atom is -0.385 e. The lowest BCUT2D eigenvalue weighted by Crippen LogP contribution is -2.04. The fourth-order valence-corrected chi connectivity index (χ4v) is 3.38. The van der Waals surface area contributed by atoms with E-state index in [1.807, 2.05) is 48.5 Å². The van der Waals surface area contributed by atoms with E-state index in [4.69, 9.17) is 9.05 Å². The highest BCUT2D eigenvalue weighted by molar-refractivity contribution is 7.33. The summed E-state index contributed by atoms with van der Waals surface area (Å²) in [6, 6.07) is 15.9. The van der Waals surface area contributed by atoms with Gasteiger partial charge in [-0.05, 0) is 25.0 Å². The first kappa shape index (κ1) is 22.5. The predicted molar refractivity (Wildman–Crippen MR) is 118 cm³/mol. The van der Waals surface area contributed by atoms with Crippen molar-refractivity contribution in [1.82, 2.24) is 0 Å². The molecular formula is C22H33N2O3P. The number of unbranched alkanes of at least 4 members (excludes halogenated alkanes) is 2. The molecule has 2 N–H and O–H groups in total. The molecule has 28 heavy (non-hydrogen) atoms. The molecule has 0 amide bonds. The van der Waals surface area contributed by atoms with Gasteiger partial charge in [0.25, 0.3) is 0 Å². The zero-order chi connectivity index (χ0) is 20.0. The van der Waals surface area contributed by atoms with Gasteiger partial charge in [0.15, 0.2) is 0 Å². The number of rotatable bonds is 14. The van der Waals surface area contributed by atoms with E-state index < -0.39 is 8.25 Å². The number of benzene rings is 2. The summed E-state index contributed by atoms with van der Waals surface area (Å²) in [6.07, 6.45) is 4.51. The molecule has 0 bridgehead atoms. The third kappa shape index (κ3) is 8.05. The highest BCUT2D eigenvalue weighted by Gasteiger charge is 2.07. The Morgan fingerprint density at radius 1 is 0.750 bits per heavy atom. The monoisotopic (exact) mass is 404 g/mol. The average molecular weight is 404 g/mol. The van der Waals surface area contributed by atoms with Gasteiger partial charge in [-0.15, -0.1) is 0 Å². The zero-order valence-electron chi connectivity index (χ0n) is 17.0. The van der Waals surface area contributed by atoms with E-state index in [1.54, 1.807) is 0 Å². The molecule has 154 valence electrons. The SMILES string of the molecule is CCCCNc1ccccc1CO[PH](=O)OCc1ccccc1NCCCC. The maximum Gasteiger partial charge on any atom is 0.319 e. The van der Waals surface area contributed by atoms with Gasteiger partial charge in [0.1, 0.15) is 0 Å². The molecular weight excluding hydrogens is 371 g/mol. The molecule has 0 radical (unpaired) electrons. The summed E-state index contributed by atoms with van der Waals surface area (Å²) < 4.78 is 23.2. The third-order valence-electron chi connectivity index (χ3n) is 4.42. The summed E-state index contributed by atoms with van der Waals surface area (Å²) in [6.45, 7) is 6.70. The lowest BCUT2D eigenvalue weighted by molar-refractivity contribution is 0.213. The van der Waals surface area contributed by atoms with Gasteiger partial charge in [-0.2, -0.15) is 0 Å².